The Labute approximate surface area is 86.3 Å². The number of hydrogen-bond acceptors (Lipinski definition) is 4. The molecule has 0 aromatic carbocycles. The molecule has 1 atom stereocenters. The zero-order chi connectivity index (χ0) is 11.4. The first-order valence-corrected chi connectivity index (χ1v) is 4.54. The first-order chi connectivity index (χ1) is 7.02. The van der Waals surface area contributed by atoms with Crippen LogP contribution in [0.15, 0.2) is 12.2 Å². The lowest BCUT2D eigenvalue weighted by atomic mass is 10.1. The van der Waals surface area contributed by atoms with E-state index < -0.39 is 12.0 Å². The van der Waals surface area contributed by atoms with E-state index in [0.29, 0.717) is 6.42 Å². The molecule has 82 valence electrons. The summed E-state index contributed by atoms with van der Waals surface area (Å²) >= 11 is 0. The van der Waals surface area contributed by atoms with Gasteiger partial charge in [0.1, 0.15) is 6.04 Å². The van der Waals surface area contributed by atoms with Gasteiger partial charge < -0.3 is 10.8 Å². The maximum atomic E-state index is 11.1. The third-order valence-electron chi connectivity index (χ3n) is 2.11. The fourth-order valence-electron chi connectivity index (χ4n) is 1.24. The summed E-state index contributed by atoms with van der Waals surface area (Å²) in [5.41, 5.74) is 5.27. The Morgan fingerprint density at radius 2 is 1.93 bits per heavy atom. The molecule has 0 aromatic heterocycles. The van der Waals surface area contributed by atoms with Crippen LogP contribution in [0.1, 0.15) is 12.8 Å². The lowest BCUT2D eigenvalue weighted by Crippen LogP contribution is -2.34. The van der Waals surface area contributed by atoms with Gasteiger partial charge >= 0.3 is 5.97 Å². The lowest BCUT2D eigenvalue weighted by Gasteiger charge is -2.14. The molecule has 0 aliphatic carbocycles. The van der Waals surface area contributed by atoms with Gasteiger partial charge in [-0.25, -0.2) is 0 Å². The van der Waals surface area contributed by atoms with E-state index in [-0.39, 0.29) is 24.8 Å². The molecular weight excluding hydrogens is 200 g/mol. The number of amides is 2. The number of carboxylic acid groups (broad SMARTS) is 1. The van der Waals surface area contributed by atoms with E-state index in [4.69, 9.17) is 10.8 Å². The highest BCUT2D eigenvalue weighted by Gasteiger charge is 2.23. The minimum absolute atomic E-state index is 0.214. The summed E-state index contributed by atoms with van der Waals surface area (Å²) < 4.78 is 0. The minimum Gasteiger partial charge on any atom is -0.480 e. The fourth-order valence-corrected chi connectivity index (χ4v) is 1.24. The van der Waals surface area contributed by atoms with Crippen LogP contribution in [0.2, 0.25) is 0 Å². The first kappa shape index (κ1) is 11.4. The molecule has 3 N–H and O–H groups in total. The van der Waals surface area contributed by atoms with Crippen molar-refractivity contribution in [1.82, 2.24) is 4.90 Å². The smallest absolute Gasteiger partial charge is 0.320 e. The molecule has 6 nitrogen and oxygen atoms in total. The maximum absolute atomic E-state index is 11.1. The van der Waals surface area contributed by atoms with Crippen molar-refractivity contribution in [2.75, 3.05) is 6.54 Å². The Morgan fingerprint density at radius 3 is 2.40 bits per heavy atom. The van der Waals surface area contributed by atoms with Crippen LogP contribution in [-0.2, 0) is 14.4 Å². The van der Waals surface area contributed by atoms with Crippen molar-refractivity contribution in [1.29, 1.82) is 0 Å². The van der Waals surface area contributed by atoms with Crippen molar-refractivity contribution in [2.45, 2.75) is 18.9 Å². The molecule has 1 aliphatic rings. The molecule has 0 unspecified atom stereocenters. The molecule has 0 spiro atoms. The Balaban J connectivity index is 2.29. The number of carboxylic acids is 1. The van der Waals surface area contributed by atoms with Crippen LogP contribution in [-0.4, -0.2) is 40.4 Å². The summed E-state index contributed by atoms with van der Waals surface area (Å²) in [6.07, 6.45) is 3.03. The Kier molecular flexibility index (Phi) is 3.56. The molecule has 0 bridgehead atoms. The van der Waals surface area contributed by atoms with Gasteiger partial charge in [0.25, 0.3) is 11.8 Å². The molecule has 0 aromatic rings. The normalized spacial score (nSPS) is 17.3. The number of rotatable bonds is 5. The number of carbonyl (C=O) groups excluding carboxylic acids is 2. The average Bonchev–Trinajstić information content (AvgIpc) is 2.48. The number of imide groups is 1. The predicted molar refractivity (Wildman–Crippen MR) is 50.7 cm³/mol. The van der Waals surface area contributed by atoms with Crippen molar-refractivity contribution < 1.29 is 19.5 Å². The van der Waals surface area contributed by atoms with Crippen LogP contribution in [0.4, 0.5) is 0 Å². The monoisotopic (exact) mass is 212 g/mol. The first-order valence-electron chi connectivity index (χ1n) is 4.54. The lowest BCUT2D eigenvalue weighted by molar-refractivity contribution is -0.138. The zero-order valence-corrected chi connectivity index (χ0v) is 8.05. The van der Waals surface area contributed by atoms with E-state index in [9.17, 15) is 14.4 Å². The molecule has 0 radical (unpaired) electrons. The highest BCUT2D eigenvalue weighted by Crippen LogP contribution is 2.06. The van der Waals surface area contributed by atoms with Gasteiger partial charge in [-0.3, -0.25) is 19.3 Å². The van der Waals surface area contributed by atoms with Gasteiger partial charge in [0.15, 0.2) is 0 Å². The van der Waals surface area contributed by atoms with Crippen molar-refractivity contribution in [3.8, 4) is 0 Å². The molecule has 0 saturated heterocycles. The third-order valence-corrected chi connectivity index (χ3v) is 2.11. The highest BCUT2D eigenvalue weighted by atomic mass is 16.4. The Morgan fingerprint density at radius 1 is 1.40 bits per heavy atom. The molecular formula is C9H12N2O4. The van der Waals surface area contributed by atoms with Crippen LogP contribution in [0, 0.1) is 0 Å². The van der Waals surface area contributed by atoms with Crippen molar-refractivity contribution in [2.24, 2.45) is 5.73 Å². The van der Waals surface area contributed by atoms with Gasteiger partial charge in [-0.05, 0) is 12.8 Å². The summed E-state index contributed by atoms with van der Waals surface area (Å²) in [5.74, 6) is -1.79. The van der Waals surface area contributed by atoms with E-state index in [1.54, 1.807) is 0 Å². The SMILES string of the molecule is N[C@@H](CCCN1C(=O)C=CC1=O)C(=O)O. The molecule has 1 aliphatic heterocycles. The molecule has 1 rings (SSSR count). The molecule has 1 heterocycles. The van der Waals surface area contributed by atoms with Gasteiger partial charge in [0.2, 0.25) is 0 Å². The second-order valence-electron chi connectivity index (χ2n) is 3.25. The minimum atomic E-state index is -1.08. The van der Waals surface area contributed by atoms with Crippen LogP contribution in [0.25, 0.3) is 0 Å². The Hall–Kier alpha value is -1.69. The summed E-state index contributed by atoms with van der Waals surface area (Å²) in [6, 6.07) is -0.939. The number of nitrogens with zero attached hydrogens (tertiary/aromatic N) is 1. The molecule has 0 saturated carbocycles. The number of hydrogen-bond donors (Lipinski definition) is 2. The summed E-state index contributed by atoms with van der Waals surface area (Å²) in [5, 5.41) is 8.49. The standard InChI is InChI=1S/C9H12N2O4/c10-6(9(14)15)2-1-5-11-7(12)3-4-8(11)13/h3-4,6H,1-2,5,10H2,(H,14,15)/t6-/m0/s1. The number of nitrogens with two attached hydrogens (primary N) is 1. The third kappa shape index (κ3) is 2.88. The van der Waals surface area contributed by atoms with E-state index in [1.165, 1.54) is 12.2 Å². The summed E-state index contributed by atoms with van der Waals surface area (Å²) in [4.78, 5) is 33.6. The van der Waals surface area contributed by atoms with E-state index in [0.717, 1.165) is 4.90 Å². The van der Waals surface area contributed by atoms with Gasteiger partial charge in [-0.2, -0.15) is 0 Å². The molecule has 2 amide bonds. The van der Waals surface area contributed by atoms with Crippen LogP contribution in [0.3, 0.4) is 0 Å². The highest BCUT2D eigenvalue weighted by molar-refractivity contribution is 6.12. The van der Waals surface area contributed by atoms with E-state index in [1.807, 2.05) is 0 Å². The van der Waals surface area contributed by atoms with Crippen molar-refractivity contribution in [3.63, 3.8) is 0 Å². The van der Waals surface area contributed by atoms with Gasteiger partial charge in [0.05, 0.1) is 0 Å². The van der Waals surface area contributed by atoms with Crippen LogP contribution >= 0.6 is 0 Å². The number of aliphatic carboxylic acids is 1. The quantitative estimate of drug-likeness (QED) is 0.575. The van der Waals surface area contributed by atoms with Gasteiger partial charge in [0, 0.05) is 18.7 Å². The van der Waals surface area contributed by atoms with Crippen molar-refractivity contribution >= 4 is 17.8 Å². The fraction of sp³-hybridized carbons (Fsp3) is 0.444. The average molecular weight is 212 g/mol. The molecule has 15 heavy (non-hydrogen) atoms. The van der Waals surface area contributed by atoms with E-state index in [2.05, 4.69) is 0 Å². The second-order valence-corrected chi connectivity index (χ2v) is 3.25. The number of carbonyl (C=O) groups is 3. The largest absolute Gasteiger partial charge is 0.480 e. The van der Waals surface area contributed by atoms with Gasteiger partial charge in [-0.15, -0.1) is 0 Å². The predicted octanol–water partition coefficient (Wildman–Crippen LogP) is -0.897. The topological polar surface area (TPSA) is 101 Å². The van der Waals surface area contributed by atoms with Crippen LogP contribution in [0.5, 0.6) is 0 Å². The van der Waals surface area contributed by atoms with E-state index >= 15 is 0 Å². The second kappa shape index (κ2) is 4.70. The van der Waals surface area contributed by atoms with Crippen molar-refractivity contribution in [3.05, 3.63) is 12.2 Å². The maximum Gasteiger partial charge on any atom is 0.320 e. The Bertz CT molecular complexity index is 306. The summed E-state index contributed by atoms with van der Waals surface area (Å²) in [7, 11) is 0. The summed E-state index contributed by atoms with van der Waals surface area (Å²) in [6.45, 7) is 0.214. The molecule has 0 fully saturated rings. The molecule has 6 heteroatoms. The van der Waals surface area contributed by atoms with Gasteiger partial charge in [-0.1, -0.05) is 0 Å². The zero-order valence-electron chi connectivity index (χ0n) is 8.05. The van der Waals surface area contributed by atoms with Crippen LogP contribution < -0.4 is 5.73 Å².